The van der Waals surface area contributed by atoms with E-state index in [0.29, 0.717) is 6.61 Å². The Morgan fingerprint density at radius 1 is 0.893 bits per heavy atom. The molecule has 0 spiro atoms. The second-order valence-corrected chi connectivity index (χ2v) is 7.17. The molecule has 1 aliphatic heterocycles. The van der Waals surface area contributed by atoms with E-state index in [1.54, 1.807) is 0 Å². The van der Waals surface area contributed by atoms with Crippen LogP contribution >= 0.6 is 0 Å². The molecule has 1 aliphatic rings. The van der Waals surface area contributed by atoms with Crippen LogP contribution in [-0.4, -0.2) is 48.5 Å². The lowest BCUT2D eigenvalue weighted by atomic mass is 10.0. The molecular formula is C24H26N2O2. The third-order valence-electron chi connectivity index (χ3n) is 5.32. The largest absolute Gasteiger partial charge is 0.494 e. The average molecular weight is 374 g/mol. The van der Waals surface area contributed by atoms with Crippen LogP contribution < -0.4 is 4.74 Å². The topological polar surface area (TPSA) is 32.8 Å². The van der Waals surface area contributed by atoms with Crippen molar-refractivity contribution in [2.75, 3.05) is 32.8 Å². The summed E-state index contributed by atoms with van der Waals surface area (Å²) in [5, 5.41) is 2.15. The molecule has 1 fully saturated rings. The first kappa shape index (κ1) is 18.5. The summed E-state index contributed by atoms with van der Waals surface area (Å²) in [7, 11) is 0. The number of carbonyl (C=O) groups excluding carboxylic acids is 1. The molecule has 0 aromatic heterocycles. The van der Waals surface area contributed by atoms with Gasteiger partial charge in [-0.05, 0) is 41.5 Å². The Morgan fingerprint density at radius 2 is 1.61 bits per heavy atom. The maximum Gasteiger partial charge on any atom is 0.254 e. The molecule has 4 nitrogen and oxygen atoms in total. The van der Waals surface area contributed by atoms with Crippen molar-refractivity contribution in [3.8, 4) is 5.75 Å². The molecule has 28 heavy (non-hydrogen) atoms. The normalized spacial score (nSPS) is 15.0. The highest BCUT2D eigenvalue weighted by Gasteiger charge is 2.23. The van der Waals surface area contributed by atoms with Crippen LogP contribution in [0.5, 0.6) is 5.75 Å². The summed E-state index contributed by atoms with van der Waals surface area (Å²) < 4.78 is 5.51. The van der Waals surface area contributed by atoms with Gasteiger partial charge in [0, 0.05) is 38.3 Å². The molecule has 0 aliphatic carbocycles. The first-order chi connectivity index (χ1) is 13.7. The Labute approximate surface area is 166 Å². The second kappa shape index (κ2) is 8.44. The van der Waals surface area contributed by atoms with Gasteiger partial charge in [0.25, 0.3) is 5.91 Å². The minimum atomic E-state index is 0.137. The fourth-order valence-electron chi connectivity index (χ4n) is 3.81. The van der Waals surface area contributed by atoms with Gasteiger partial charge in [-0.3, -0.25) is 9.69 Å². The molecule has 0 bridgehead atoms. The van der Waals surface area contributed by atoms with Crippen molar-refractivity contribution >= 4 is 16.7 Å². The number of benzene rings is 3. The Kier molecular flexibility index (Phi) is 5.58. The minimum Gasteiger partial charge on any atom is -0.494 e. The van der Waals surface area contributed by atoms with Gasteiger partial charge < -0.3 is 9.64 Å². The molecular weight excluding hydrogens is 348 g/mol. The summed E-state index contributed by atoms with van der Waals surface area (Å²) in [6.07, 6.45) is 0. The van der Waals surface area contributed by atoms with Crippen molar-refractivity contribution in [2.45, 2.75) is 13.5 Å². The molecule has 1 saturated heterocycles. The SMILES string of the molecule is CCOc1ccc(CN2CCN(C(=O)c3cccc4ccccc34)CC2)cc1. The molecule has 144 valence electrons. The maximum atomic E-state index is 13.1. The zero-order chi connectivity index (χ0) is 19.3. The Morgan fingerprint density at radius 3 is 2.36 bits per heavy atom. The molecule has 3 aromatic carbocycles. The molecule has 0 N–H and O–H groups in total. The molecule has 1 amide bonds. The van der Waals surface area contributed by atoms with E-state index in [-0.39, 0.29) is 5.91 Å². The van der Waals surface area contributed by atoms with Crippen LogP contribution in [0, 0.1) is 0 Å². The number of ether oxygens (including phenoxy) is 1. The molecule has 3 aromatic rings. The third kappa shape index (κ3) is 4.02. The van der Waals surface area contributed by atoms with E-state index >= 15 is 0 Å². The summed E-state index contributed by atoms with van der Waals surface area (Å²) in [5.41, 5.74) is 2.08. The molecule has 0 atom stereocenters. The summed E-state index contributed by atoms with van der Waals surface area (Å²) in [4.78, 5) is 17.5. The standard InChI is InChI=1S/C24H26N2O2/c1-2-28-21-12-10-19(11-13-21)18-25-14-16-26(17-15-25)24(27)23-9-5-7-20-6-3-4-8-22(20)23/h3-13H,2,14-18H2,1H3. The van der Waals surface area contributed by atoms with E-state index in [9.17, 15) is 4.79 Å². The Bertz CT molecular complexity index is 939. The molecule has 4 heteroatoms. The second-order valence-electron chi connectivity index (χ2n) is 7.17. The van der Waals surface area contributed by atoms with Gasteiger partial charge in [-0.25, -0.2) is 0 Å². The van der Waals surface area contributed by atoms with Gasteiger partial charge in [-0.15, -0.1) is 0 Å². The fraction of sp³-hybridized carbons (Fsp3) is 0.292. The molecule has 4 rings (SSSR count). The number of hydrogen-bond donors (Lipinski definition) is 0. The van der Waals surface area contributed by atoms with Gasteiger partial charge in [0.05, 0.1) is 6.61 Å². The molecule has 1 heterocycles. The number of amides is 1. The number of hydrogen-bond acceptors (Lipinski definition) is 3. The van der Waals surface area contributed by atoms with E-state index in [0.717, 1.165) is 54.8 Å². The van der Waals surface area contributed by atoms with Crippen molar-refractivity contribution in [1.29, 1.82) is 0 Å². The molecule has 0 unspecified atom stereocenters. The van der Waals surface area contributed by atoms with E-state index in [1.165, 1.54) is 5.56 Å². The lowest BCUT2D eigenvalue weighted by molar-refractivity contribution is 0.0630. The average Bonchev–Trinajstić information content (AvgIpc) is 2.75. The quantitative estimate of drug-likeness (QED) is 0.671. The summed E-state index contributed by atoms with van der Waals surface area (Å²) in [6.45, 7) is 6.90. The third-order valence-corrected chi connectivity index (χ3v) is 5.32. The van der Waals surface area contributed by atoms with Gasteiger partial charge in [0.15, 0.2) is 0 Å². The molecule has 0 saturated carbocycles. The maximum absolute atomic E-state index is 13.1. The zero-order valence-corrected chi connectivity index (χ0v) is 16.3. The van der Waals surface area contributed by atoms with Crippen LogP contribution in [0.4, 0.5) is 0 Å². The van der Waals surface area contributed by atoms with Gasteiger partial charge in [-0.2, -0.15) is 0 Å². The lowest BCUT2D eigenvalue weighted by Gasteiger charge is -2.35. The highest BCUT2D eigenvalue weighted by molar-refractivity contribution is 6.07. The number of piperazine rings is 1. The van der Waals surface area contributed by atoms with Crippen LogP contribution in [-0.2, 0) is 6.54 Å². The van der Waals surface area contributed by atoms with Gasteiger partial charge in [0.2, 0.25) is 0 Å². The Balaban J connectivity index is 1.37. The van der Waals surface area contributed by atoms with Crippen molar-refractivity contribution in [3.63, 3.8) is 0 Å². The summed E-state index contributed by atoms with van der Waals surface area (Å²) >= 11 is 0. The van der Waals surface area contributed by atoms with Crippen molar-refractivity contribution < 1.29 is 9.53 Å². The summed E-state index contributed by atoms with van der Waals surface area (Å²) in [6, 6.07) is 22.4. The smallest absolute Gasteiger partial charge is 0.254 e. The van der Waals surface area contributed by atoms with Gasteiger partial charge in [0.1, 0.15) is 5.75 Å². The first-order valence-corrected chi connectivity index (χ1v) is 9.96. The predicted octanol–water partition coefficient (Wildman–Crippen LogP) is 4.20. The minimum absolute atomic E-state index is 0.137. The van der Waals surface area contributed by atoms with Gasteiger partial charge >= 0.3 is 0 Å². The fourth-order valence-corrected chi connectivity index (χ4v) is 3.81. The van der Waals surface area contributed by atoms with Crippen LogP contribution in [0.15, 0.2) is 66.7 Å². The number of nitrogens with zero attached hydrogens (tertiary/aromatic N) is 2. The zero-order valence-electron chi connectivity index (χ0n) is 16.3. The van der Waals surface area contributed by atoms with Crippen LogP contribution in [0.25, 0.3) is 10.8 Å². The van der Waals surface area contributed by atoms with Crippen LogP contribution in [0.2, 0.25) is 0 Å². The van der Waals surface area contributed by atoms with Crippen LogP contribution in [0.1, 0.15) is 22.8 Å². The monoisotopic (exact) mass is 374 g/mol. The van der Waals surface area contributed by atoms with Crippen molar-refractivity contribution in [3.05, 3.63) is 77.9 Å². The predicted molar refractivity (Wildman–Crippen MR) is 113 cm³/mol. The van der Waals surface area contributed by atoms with E-state index in [4.69, 9.17) is 4.74 Å². The number of fused-ring (bicyclic) bond motifs is 1. The number of carbonyl (C=O) groups is 1. The first-order valence-electron chi connectivity index (χ1n) is 9.96. The highest BCUT2D eigenvalue weighted by atomic mass is 16.5. The lowest BCUT2D eigenvalue weighted by Crippen LogP contribution is -2.48. The Hall–Kier alpha value is -2.85. The summed E-state index contributed by atoms with van der Waals surface area (Å²) in [5.74, 6) is 1.05. The van der Waals surface area contributed by atoms with E-state index in [2.05, 4.69) is 29.2 Å². The highest BCUT2D eigenvalue weighted by Crippen LogP contribution is 2.21. The van der Waals surface area contributed by atoms with Crippen molar-refractivity contribution in [2.24, 2.45) is 0 Å². The van der Waals surface area contributed by atoms with E-state index < -0.39 is 0 Å². The van der Waals surface area contributed by atoms with Gasteiger partial charge in [-0.1, -0.05) is 48.5 Å². The van der Waals surface area contributed by atoms with Crippen molar-refractivity contribution in [1.82, 2.24) is 9.80 Å². The van der Waals surface area contributed by atoms with E-state index in [1.807, 2.05) is 54.3 Å². The number of rotatable bonds is 5. The van der Waals surface area contributed by atoms with Crippen LogP contribution in [0.3, 0.4) is 0 Å². The molecule has 0 radical (unpaired) electrons.